The highest BCUT2D eigenvalue weighted by Gasteiger charge is 2.16. The van der Waals surface area contributed by atoms with Crippen LogP contribution in [0.25, 0.3) is 10.9 Å². The predicted molar refractivity (Wildman–Crippen MR) is 116 cm³/mol. The molecule has 2 aromatic carbocycles. The van der Waals surface area contributed by atoms with Crippen LogP contribution in [0.3, 0.4) is 0 Å². The molecular weight excluding hydrogens is 427 g/mol. The van der Waals surface area contributed by atoms with E-state index in [1.165, 1.54) is 6.07 Å². The molecule has 1 aromatic heterocycles. The maximum atomic E-state index is 12.0. The van der Waals surface area contributed by atoms with Gasteiger partial charge in [0.15, 0.2) is 19.0 Å². The number of ether oxygens (including phenoxy) is 2. The van der Waals surface area contributed by atoms with Gasteiger partial charge in [-0.05, 0) is 37.6 Å². The molecule has 0 aliphatic rings. The summed E-state index contributed by atoms with van der Waals surface area (Å²) in [6, 6.07) is 12.9. The molecule has 3 aromatic rings. The number of aryl methyl sites for hydroxylation is 2. The molecule has 0 fully saturated rings. The first-order valence-corrected chi connectivity index (χ1v) is 9.95. The molecule has 0 aliphatic carbocycles. The van der Waals surface area contributed by atoms with Gasteiger partial charge in [0.1, 0.15) is 5.52 Å². The van der Waals surface area contributed by atoms with Crippen molar-refractivity contribution in [3.8, 4) is 5.75 Å². The van der Waals surface area contributed by atoms with E-state index in [0.717, 1.165) is 16.8 Å². The SMILES string of the molecule is Cc1ccc(CNC(=O)COC(=O)COc2c(Cl)cc(Cl)c3ccc(C)nc23)cc1. The van der Waals surface area contributed by atoms with Crippen LogP contribution in [-0.2, 0) is 20.9 Å². The molecule has 1 heterocycles. The number of hydrogen-bond acceptors (Lipinski definition) is 5. The molecule has 6 nitrogen and oxygen atoms in total. The summed E-state index contributed by atoms with van der Waals surface area (Å²) in [6.07, 6.45) is 0. The predicted octanol–water partition coefficient (Wildman–Crippen LogP) is 4.40. The van der Waals surface area contributed by atoms with E-state index in [1.807, 2.05) is 44.2 Å². The van der Waals surface area contributed by atoms with E-state index < -0.39 is 25.1 Å². The number of pyridine rings is 1. The van der Waals surface area contributed by atoms with Crippen molar-refractivity contribution in [3.63, 3.8) is 0 Å². The summed E-state index contributed by atoms with van der Waals surface area (Å²) < 4.78 is 10.5. The Morgan fingerprint density at radius 2 is 1.73 bits per heavy atom. The molecule has 3 rings (SSSR count). The van der Waals surface area contributed by atoms with Gasteiger partial charge in [0.2, 0.25) is 0 Å². The molecule has 1 amide bonds. The van der Waals surface area contributed by atoms with Crippen LogP contribution in [0.1, 0.15) is 16.8 Å². The smallest absolute Gasteiger partial charge is 0.344 e. The van der Waals surface area contributed by atoms with Crippen LogP contribution < -0.4 is 10.1 Å². The number of nitrogens with one attached hydrogen (secondary N) is 1. The van der Waals surface area contributed by atoms with Crippen molar-refractivity contribution in [2.24, 2.45) is 0 Å². The van der Waals surface area contributed by atoms with Crippen molar-refractivity contribution >= 4 is 46.0 Å². The zero-order valence-electron chi connectivity index (χ0n) is 16.5. The van der Waals surface area contributed by atoms with Crippen molar-refractivity contribution in [3.05, 3.63) is 69.3 Å². The summed E-state index contributed by atoms with van der Waals surface area (Å²) >= 11 is 12.4. The van der Waals surface area contributed by atoms with E-state index in [1.54, 1.807) is 6.07 Å². The number of nitrogens with zero attached hydrogens (tertiary/aromatic N) is 1. The molecule has 8 heteroatoms. The number of carbonyl (C=O) groups excluding carboxylic acids is 2. The zero-order chi connectivity index (χ0) is 21.7. The molecule has 0 saturated heterocycles. The van der Waals surface area contributed by atoms with Crippen molar-refractivity contribution < 1.29 is 19.1 Å². The number of carbonyl (C=O) groups is 2. The first-order chi connectivity index (χ1) is 14.3. The van der Waals surface area contributed by atoms with Crippen LogP contribution in [0.5, 0.6) is 5.75 Å². The molecule has 156 valence electrons. The number of amides is 1. The number of rotatable bonds is 7. The first kappa shape index (κ1) is 21.9. The summed E-state index contributed by atoms with van der Waals surface area (Å²) in [6.45, 7) is 3.34. The Kier molecular flexibility index (Phi) is 7.13. The lowest BCUT2D eigenvalue weighted by Crippen LogP contribution is -2.29. The van der Waals surface area contributed by atoms with Gasteiger partial charge < -0.3 is 14.8 Å². The first-order valence-electron chi connectivity index (χ1n) is 9.19. The molecule has 0 atom stereocenters. The van der Waals surface area contributed by atoms with Crippen molar-refractivity contribution in [1.82, 2.24) is 10.3 Å². The minimum Gasteiger partial charge on any atom is -0.478 e. The van der Waals surface area contributed by atoms with E-state index in [0.29, 0.717) is 22.5 Å². The second-order valence-electron chi connectivity index (χ2n) is 6.73. The minimum absolute atomic E-state index is 0.231. The van der Waals surface area contributed by atoms with Crippen LogP contribution in [0.2, 0.25) is 10.0 Å². The fourth-order valence-electron chi connectivity index (χ4n) is 2.70. The fraction of sp³-hybridized carbons (Fsp3) is 0.227. The molecule has 0 aliphatic heterocycles. The largest absolute Gasteiger partial charge is 0.478 e. The third kappa shape index (κ3) is 5.62. The monoisotopic (exact) mass is 446 g/mol. The Hall–Kier alpha value is -2.83. The van der Waals surface area contributed by atoms with E-state index in [4.69, 9.17) is 32.7 Å². The molecule has 0 spiro atoms. The average Bonchev–Trinajstić information content (AvgIpc) is 2.71. The Morgan fingerprint density at radius 3 is 2.47 bits per heavy atom. The van der Waals surface area contributed by atoms with Crippen molar-refractivity contribution in [2.75, 3.05) is 13.2 Å². The number of hydrogen-bond donors (Lipinski definition) is 1. The normalized spacial score (nSPS) is 10.7. The molecule has 30 heavy (non-hydrogen) atoms. The standard InChI is InChI=1S/C22H20Cl2N2O4/c1-13-3-6-15(7-4-13)10-25-19(27)11-29-20(28)12-30-22-18(24)9-17(23)16-8-5-14(2)26-21(16)22/h3-9H,10-12H2,1-2H3,(H,25,27). The Bertz CT molecular complexity index is 1080. The molecule has 0 saturated carbocycles. The van der Waals surface area contributed by atoms with Gasteiger partial charge in [-0.25, -0.2) is 9.78 Å². The van der Waals surface area contributed by atoms with E-state index >= 15 is 0 Å². The Morgan fingerprint density at radius 1 is 1.00 bits per heavy atom. The van der Waals surface area contributed by atoms with Crippen LogP contribution in [-0.4, -0.2) is 30.1 Å². The average molecular weight is 447 g/mol. The fourth-order valence-corrected chi connectivity index (χ4v) is 3.27. The highest BCUT2D eigenvalue weighted by Crippen LogP contribution is 2.37. The molecular formula is C22H20Cl2N2O4. The highest BCUT2D eigenvalue weighted by atomic mass is 35.5. The molecule has 0 unspecified atom stereocenters. The van der Waals surface area contributed by atoms with Crippen LogP contribution in [0.15, 0.2) is 42.5 Å². The number of esters is 1. The quantitative estimate of drug-likeness (QED) is 0.544. The topological polar surface area (TPSA) is 77.5 Å². The maximum Gasteiger partial charge on any atom is 0.344 e. The third-order valence-electron chi connectivity index (χ3n) is 4.29. The van der Waals surface area contributed by atoms with Gasteiger partial charge in [-0.2, -0.15) is 0 Å². The number of benzene rings is 2. The van der Waals surface area contributed by atoms with Gasteiger partial charge >= 0.3 is 5.97 Å². The van der Waals surface area contributed by atoms with E-state index in [2.05, 4.69) is 10.3 Å². The summed E-state index contributed by atoms with van der Waals surface area (Å²) in [5.41, 5.74) is 3.29. The van der Waals surface area contributed by atoms with Crippen LogP contribution >= 0.6 is 23.2 Å². The molecule has 1 N–H and O–H groups in total. The van der Waals surface area contributed by atoms with Gasteiger partial charge in [-0.1, -0.05) is 53.0 Å². The second-order valence-corrected chi connectivity index (χ2v) is 7.54. The molecule has 0 radical (unpaired) electrons. The number of fused-ring (bicyclic) bond motifs is 1. The van der Waals surface area contributed by atoms with Gasteiger partial charge in [0.25, 0.3) is 5.91 Å². The summed E-state index contributed by atoms with van der Waals surface area (Å²) in [4.78, 5) is 28.3. The number of halogens is 2. The lowest BCUT2D eigenvalue weighted by Gasteiger charge is -2.12. The van der Waals surface area contributed by atoms with E-state index in [-0.39, 0.29) is 10.8 Å². The summed E-state index contributed by atoms with van der Waals surface area (Å²) in [7, 11) is 0. The minimum atomic E-state index is -0.702. The lowest BCUT2D eigenvalue weighted by molar-refractivity contribution is -0.150. The Balaban J connectivity index is 1.53. The van der Waals surface area contributed by atoms with Gasteiger partial charge in [0, 0.05) is 17.6 Å². The number of aromatic nitrogens is 1. The van der Waals surface area contributed by atoms with Gasteiger partial charge in [0.05, 0.1) is 10.0 Å². The van der Waals surface area contributed by atoms with E-state index in [9.17, 15) is 9.59 Å². The highest BCUT2D eigenvalue weighted by molar-refractivity contribution is 6.39. The molecule has 0 bridgehead atoms. The second kappa shape index (κ2) is 9.78. The lowest BCUT2D eigenvalue weighted by atomic mass is 10.1. The van der Waals surface area contributed by atoms with Crippen LogP contribution in [0, 0.1) is 13.8 Å². The third-order valence-corrected chi connectivity index (χ3v) is 4.88. The van der Waals surface area contributed by atoms with Crippen molar-refractivity contribution in [1.29, 1.82) is 0 Å². The Labute approximate surface area is 184 Å². The van der Waals surface area contributed by atoms with Crippen LogP contribution in [0.4, 0.5) is 0 Å². The summed E-state index contributed by atoms with van der Waals surface area (Å²) in [5, 5.41) is 4.01. The maximum absolute atomic E-state index is 12.0. The van der Waals surface area contributed by atoms with Gasteiger partial charge in [-0.15, -0.1) is 0 Å². The zero-order valence-corrected chi connectivity index (χ0v) is 18.0. The van der Waals surface area contributed by atoms with Crippen molar-refractivity contribution in [2.45, 2.75) is 20.4 Å². The summed E-state index contributed by atoms with van der Waals surface area (Å²) in [5.74, 6) is -0.871. The van der Waals surface area contributed by atoms with Gasteiger partial charge in [-0.3, -0.25) is 4.79 Å².